The predicted octanol–water partition coefficient (Wildman–Crippen LogP) is 5.45. The van der Waals surface area contributed by atoms with Crippen LogP contribution in [-0.4, -0.2) is 11.1 Å². The van der Waals surface area contributed by atoms with Gasteiger partial charge in [-0.2, -0.15) is 0 Å². The van der Waals surface area contributed by atoms with E-state index >= 15 is 0 Å². The fourth-order valence-electron chi connectivity index (χ4n) is 1.69. The summed E-state index contributed by atoms with van der Waals surface area (Å²) in [5, 5.41) is 8.51. The van der Waals surface area contributed by atoms with Crippen LogP contribution in [0.4, 0.5) is 0 Å². The molecule has 0 amide bonds. The summed E-state index contributed by atoms with van der Waals surface area (Å²) in [6.45, 7) is 12.7. The highest BCUT2D eigenvalue weighted by atomic mass is 16.4. The maximum Gasteiger partial charge on any atom is 0.335 e. The molecule has 3 heteroatoms. The van der Waals surface area contributed by atoms with Gasteiger partial charge < -0.3 is 10.8 Å². The van der Waals surface area contributed by atoms with Gasteiger partial charge in [-0.15, -0.1) is 0 Å². The maximum atomic E-state index is 10.4. The molecule has 0 aromatic heterocycles. The zero-order chi connectivity index (χ0) is 19.0. The van der Waals surface area contributed by atoms with Gasteiger partial charge in [0.05, 0.1) is 5.56 Å². The quantitative estimate of drug-likeness (QED) is 0.785. The van der Waals surface area contributed by atoms with Crippen molar-refractivity contribution in [2.75, 3.05) is 0 Å². The van der Waals surface area contributed by atoms with Crippen molar-refractivity contribution in [3.8, 4) is 0 Å². The molecule has 0 heterocycles. The number of hydrogen-bond donors (Lipinski definition) is 2. The van der Waals surface area contributed by atoms with E-state index in [1.807, 2.05) is 40.7 Å². The largest absolute Gasteiger partial charge is 0.478 e. The van der Waals surface area contributed by atoms with Crippen molar-refractivity contribution >= 4 is 5.97 Å². The van der Waals surface area contributed by atoms with Gasteiger partial charge >= 0.3 is 5.97 Å². The Kier molecular flexibility index (Phi) is 15.8. The highest BCUT2D eigenvalue weighted by molar-refractivity contribution is 5.87. The van der Waals surface area contributed by atoms with Crippen molar-refractivity contribution < 1.29 is 9.90 Å². The fourth-order valence-corrected chi connectivity index (χ4v) is 1.69. The number of nitrogens with two attached hydrogens (primary N) is 1. The van der Waals surface area contributed by atoms with Gasteiger partial charge in [0.15, 0.2) is 0 Å². The van der Waals surface area contributed by atoms with Crippen LogP contribution in [0.1, 0.15) is 61.7 Å². The Balaban J connectivity index is 0. The molecule has 0 aliphatic heterocycles. The van der Waals surface area contributed by atoms with E-state index < -0.39 is 5.97 Å². The summed E-state index contributed by atoms with van der Waals surface area (Å²) in [4.78, 5) is 10.4. The molecule has 0 atom stereocenters. The van der Waals surface area contributed by atoms with Crippen LogP contribution >= 0.6 is 0 Å². The molecule has 2 rings (SSSR count). The van der Waals surface area contributed by atoms with Gasteiger partial charge in [0.25, 0.3) is 0 Å². The second-order valence-electron chi connectivity index (χ2n) is 4.55. The number of hydrogen-bond acceptors (Lipinski definition) is 2. The first-order valence-corrected chi connectivity index (χ1v) is 8.64. The highest BCUT2D eigenvalue weighted by Gasteiger charge is 1.99. The average Bonchev–Trinajstić information content (AvgIpc) is 2.65. The average molecular weight is 332 g/mol. The highest BCUT2D eigenvalue weighted by Crippen LogP contribution is 2.03. The molecule has 2 aromatic carbocycles. The van der Waals surface area contributed by atoms with E-state index in [9.17, 15) is 4.79 Å². The molecule has 0 bridgehead atoms. The van der Waals surface area contributed by atoms with Crippen molar-refractivity contribution in [1.29, 1.82) is 0 Å². The fraction of sp³-hybridized carbons (Fsp3) is 0.381. The molecule has 0 unspecified atom stereocenters. The van der Waals surface area contributed by atoms with Crippen molar-refractivity contribution in [2.45, 2.75) is 54.5 Å². The van der Waals surface area contributed by atoms with Gasteiger partial charge in [-0.05, 0) is 36.6 Å². The second kappa shape index (κ2) is 15.8. The second-order valence-corrected chi connectivity index (χ2v) is 4.55. The Labute approximate surface area is 147 Å². The lowest BCUT2D eigenvalue weighted by Crippen LogP contribution is -1.95. The topological polar surface area (TPSA) is 63.3 Å². The van der Waals surface area contributed by atoms with Crippen molar-refractivity contribution in [1.82, 2.24) is 0 Å². The van der Waals surface area contributed by atoms with Crippen molar-refractivity contribution in [3.63, 3.8) is 0 Å². The van der Waals surface area contributed by atoms with E-state index in [1.165, 1.54) is 11.1 Å². The molecule has 0 aliphatic carbocycles. The molecule has 0 saturated carbocycles. The molecule has 0 saturated heterocycles. The van der Waals surface area contributed by atoms with Crippen LogP contribution in [0.25, 0.3) is 0 Å². The number of aryl methyl sites for hydroxylation is 2. The summed E-state index contributed by atoms with van der Waals surface area (Å²) in [5.41, 5.74) is 9.34. The molecule has 3 nitrogen and oxygen atoms in total. The van der Waals surface area contributed by atoms with Gasteiger partial charge in [0.2, 0.25) is 0 Å². The summed E-state index contributed by atoms with van der Waals surface area (Å²) in [7, 11) is 0. The summed E-state index contributed by atoms with van der Waals surface area (Å²) in [5.74, 6) is -0.872. The van der Waals surface area contributed by atoms with Crippen LogP contribution in [0.3, 0.4) is 0 Å². The van der Waals surface area contributed by atoms with E-state index in [1.54, 1.807) is 18.2 Å². The Morgan fingerprint density at radius 3 is 1.79 bits per heavy atom. The van der Waals surface area contributed by atoms with Gasteiger partial charge in [-0.3, -0.25) is 0 Å². The molecule has 3 N–H and O–H groups in total. The van der Waals surface area contributed by atoms with Gasteiger partial charge in [0.1, 0.15) is 0 Å². The van der Waals surface area contributed by atoms with Gasteiger partial charge in [0, 0.05) is 6.54 Å². The summed E-state index contributed by atoms with van der Waals surface area (Å²) < 4.78 is 0. The number of aromatic carboxylic acids is 1. The van der Waals surface area contributed by atoms with Crippen LogP contribution in [0.15, 0.2) is 48.5 Å². The molecule has 0 fully saturated rings. The lowest BCUT2D eigenvalue weighted by Gasteiger charge is -1.97. The van der Waals surface area contributed by atoms with Gasteiger partial charge in [-0.25, -0.2) is 4.79 Å². The molecule has 0 spiro atoms. The first-order chi connectivity index (χ1) is 11.6. The first-order valence-electron chi connectivity index (χ1n) is 8.64. The normalized spacial score (nSPS) is 8.46. The SMILES string of the molecule is CC.CC.CCc1ccc(CN)cc1.Cc1cccc(C(=O)O)c1. The summed E-state index contributed by atoms with van der Waals surface area (Å²) in [6, 6.07) is 15.2. The standard InChI is InChI=1S/C9H13N.C8H8O2.2C2H6/c1-2-8-3-5-9(7-10)6-4-8;1-6-3-2-4-7(5-6)8(9)10;2*1-2/h3-6H,2,7,10H2,1H3;2-5H,1H3,(H,9,10);2*1-2H3. The molecule has 24 heavy (non-hydrogen) atoms. The number of carbonyl (C=O) groups is 1. The minimum atomic E-state index is -0.872. The maximum absolute atomic E-state index is 10.4. The zero-order valence-corrected chi connectivity index (χ0v) is 16.0. The van der Waals surface area contributed by atoms with E-state index in [-0.39, 0.29) is 0 Å². The first kappa shape index (κ1) is 24.1. The number of carboxylic acids is 1. The molecular formula is C21H33NO2. The Bertz CT molecular complexity index is 525. The molecular weight excluding hydrogens is 298 g/mol. The number of carboxylic acid groups (broad SMARTS) is 1. The Morgan fingerprint density at radius 2 is 1.46 bits per heavy atom. The van der Waals surface area contributed by atoms with Crippen LogP contribution in [0.5, 0.6) is 0 Å². The minimum absolute atomic E-state index is 0.347. The Morgan fingerprint density at radius 1 is 0.958 bits per heavy atom. The molecule has 2 aromatic rings. The van der Waals surface area contributed by atoms with Crippen LogP contribution in [-0.2, 0) is 13.0 Å². The van der Waals surface area contributed by atoms with E-state index in [0.717, 1.165) is 12.0 Å². The van der Waals surface area contributed by atoms with Crippen LogP contribution < -0.4 is 5.73 Å². The van der Waals surface area contributed by atoms with Crippen LogP contribution in [0, 0.1) is 6.92 Å². The van der Waals surface area contributed by atoms with Crippen molar-refractivity contribution in [2.24, 2.45) is 5.73 Å². The third-order valence-electron chi connectivity index (χ3n) is 2.93. The minimum Gasteiger partial charge on any atom is -0.478 e. The summed E-state index contributed by atoms with van der Waals surface area (Å²) in [6.07, 6.45) is 1.10. The third kappa shape index (κ3) is 10.6. The van der Waals surface area contributed by atoms with E-state index in [2.05, 4.69) is 31.2 Å². The Hall–Kier alpha value is -2.13. The predicted molar refractivity (Wildman–Crippen MR) is 105 cm³/mol. The lowest BCUT2D eigenvalue weighted by atomic mass is 10.1. The third-order valence-corrected chi connectivity index (χ3v) is 2.93. The number of rotatable bonds is 3. The van der Waals surface area contributed by atoms with E-state index in [0.29, 0.717) is 12.1 Å². The monoisotopic (exact) mass is 331 g/mol. The molecule has 134 valence electrons. The lowest BCUT2D eigenvalue weighted by molar-refractivity contribution is 0.0697. The number of benzene rings is 2. The van der Waals surface area contributed by atoms with Crippen LogP contribution in [0.2, 0.25) is 0 Å². The van der Waals surface area contributed by atoms with E-state index in [4.69, 9.17) is 10.8 Å². The van der Waals surface area contributed by atoms with Gasteiger partial charge in [-0.1, -0.05) is 76.6 Å². The summed E-state index contributed by atoms with van der Waals surface area (Å²) >= 11 is 0. The van der Waals surface area contributed by atoms with Crippen molar-refractivity contribution in [3.05, 3.63) is 70.8 Å². The molecule has 0 radical (unpaired) electrons. The zero-order valence-electron chi connectivity index (χ0n) is 16.0. The smallest absolute Gasteiger partial charge is 0.335 e. The molecule has 0 aliphatic rings.